The van der Waals surface area contributed by atoms with E-state index in [1.807, 2.05) is 0 Å². The Labute approximate surface area is 99.5 Å². The Morgan fingerprint density at radius 1 is 1.38 bits per heavy atom. The van der Waals surface area contributed by atoms with Crippen LogP contribution in [0.1, 0.15) is 32.6 Å². The lowest BCUT2D eigenvalue weighted by Crippen LogP contribution is -2.47. The number of nitrogens with one attached hydrogen (secondary N) is 1. The SMILES string of the molecule is CC1CC(NCC2CCCOC2)CCN1C. The van der Waals surface area contributed by atoms with E-state index in [0.29, 0.717) is 0 Å². The fraction of sp³-hybridized carbons (Fsp3) is 1.00. The van der Waals surface area contributed by atoms with Crippen LogP contribution in [0.4, 0.5) is 0 Å². The molecule has 0 radical (unpaired) electrons. The van der Waals surface area contributed by atoms with Crippen molar-refractivity contribution in [2.75, 3.05) is 33.4 Å². The highest BCUT2D eigenvalue weighted by Gasteiger charge is 2.23. The molecule has 2 heterocycles. The van der Waals surface area contributed by atoms with Crippen LogP contribution in [0, 0.1) is 5.92 Å². The molecule has 3 heteroatoms. The fourth-order valence-corrected chi connectivity index (χ4v) is 2.78. The Morgan fingerprint density at radius 2 is 2.25 bits per heavy atom. The quantitative estimate of drug-likeness (QED) is 0.789. The number of ether oxygens (including phenoxy) is 1. The molecule has 94 valence electrons. The lowest BCUT2D eigenvalue weighted by molar-refractivity contribution is 0.0519. The monoisotopic (exact) mass is 226 g/mol. The Hall–Kier alpha value is -0.120. The van der Waals surface area contributed by atoms with Gasteiger partial charge in [-0.3, -0.25) is 0 Å². The minimum Gasteiger partial charge on any atom is -0.381 e. The number of likely N-dealkylation sites (tertiary alicyclic amines) is 1. The summed E-state index contributed by atoms with van der Waals surface area (Å²) in [4.78, 5) is 2.46. The van der Waals surface area contributed by atoms with Crippen molar-refractivity contribution in [3.63, 3.8) is 0 Å². The van der Waals surface area contributed by atoms with Crippen molar-refractivity contribution in [1.29, 1.82) is 0 Å². The first-order valence-electron chi connectivity index (χ1n) is 6.77. The first kappa shape index (κ1) is 12.3. The molecule has 2 aliphatic heterocycles. The van der Waals surface area contributed by atoms with Crippen molar-refractivity contribution < 1.29 is 4.74 Å². The third-order valence-electron chi connectivity index (χ3n) is 4.16. The summed E-state index contributed by atoms with van der Waals surface area (Å²) in [6, 6.07) is 1.46. The molecule has 0 saturated carbocycles. The smallest absolute Gasteiger partial charge is 0.0506 e. The van der Waals surface area contributed by atoms with Gasteiger partial charge >= 0.3 is 0 Å². The van der Waals surface area contributed by atoms with E-state index < -0.39 is 0 Å². The van der Waals surface area contributed by atoms with Gasteiger partial charge in [-0.2, -0.15) is 0 Å². The number of hydrogen-bond acceptors (Lipinski definition) is 3. The summed E-state index contributed by atoms with van der Waals surface area (Å²) in [7, 11) is 2.23. The molecule has 2 aliphatic rings. The van der Waals surface area contributed by atoms with Gasteiger partial charge < -0.3 is 15.0 Å². The molecule has 3 atom stereocenters. The molecule has 1 N–H and O–H groups in total. The standard InChI is InChI=1S/C13H26N2O/c1-11-8-13(5-6-15(11)2)14-9-12-4-3-7-16-10-12/h11-14H,3-10H2,1-2H3. The molecule has 16 heavy (non-hydrogen) atoms. The van der Waals surface area contributed by atoms with Crippen molar-refractivity contribution in [2.45, 2.75) is 44.7 Å². The maximum absolute atomic E-state index is 5.51. The van der Waals surface area contributed by atoms with Crippen LogP contribution in [0.2, 0.25) is 0 Å². The van der Waals surface area contributed by atoms with Gasteiger partial charge in [0.2, 0.25) is 0 Å². The lowest BCUT2D eigenvalue weighted by atomic mass is 9.97. The average Bonchev–Trinajstić information content (AvgIpc) is 2.32. The summed E-state index contributed by atoms with van der Waals surface area (Å²) in [5, 5.41) is 3.74. The predicted octanol–water partition coefficient (Wildman–Crippen LogP) is 1.49. The predicted molar refractivity (Wildman–Crippen MR) is 66.7 cm³/mol. The number of rotatable bonds is 3. The zero-order valence-electron chi connectivity index (χ0n) is 10.7. The van der Waals surface area contributed by atoms with E-state index in [2.05, 4.69) is 24.2 Å². The Morgan fingerprint density at radius 3 is 2.94 bits per heavy atom. The third kappa shape index (κ3) is 3.44. The Balaban J connectivity index is 1.65. The van der Waals surface area contributed by atoms with E-state index >= 15 is 0 Å². The van der Waals surface area contributed by atoms with Gasteiger partial charge in [-0.25, -0.2) is 0 Å². The maximum Gasteiger partial charge on any atom is 0.0506 e. The van der Waals surface area contributed by atoms with Crippen molar-refractivity contribution in [3.05, 3.63) is 0 Å². The van der Waals surface area contributed by atoms with Gasteiger partial charge in [-0.05, 0) is 52.1 Å². The molecule has 2 saturated heterocycles. The minimum absolute atomic E-state index is 0.730. The van der Waals surface area contributed by atoms with Crippen molar-refractivity contribution in [1.82, 2.24) is 10.2 Å². The highest BCUT2D eigenvalue weighted by atomic mass is 16.5. The van der Waals surface area contributed by atoms with Crippen LogP contribution >= 0.6 is 0 Å². The van der Waals surface area contributed by atoms with Crippen LogP contribution in [0.3, 0.4) is 0 Å². The maximum atomic E-state index is 5.51. The summed E-state index contributed by atoms with van der Waals surface area (Å²) < 4.78 is 5.51. The van der Waals surface area contributed by atoms with Gasteiger partial charge in [0.15, 0.2) is 0 Å². The molecular formula is C13H26N2O. The molecule has 0 amide bonds. The highest BCUT2D eigenvalue weighted by Crippen LogP contribution is 2.17. The van der Waals surface area contributed by atoms with Crippen LogP contribution in [-0.2, 0) is 4.74 Å². The van der Waals surface area contributed by atoms with Gasteiger partial charge in [0.25, 0.3) is 0 Å². The van der Waals surface area contributed by atoms with Crippen molar-refractivity contribution in [2.24, 2.45) is 5.92 Å². The lowest BCUT2D eigenvalue weighted by Gasteiger charge is -2.36. The first-order valence-corrected chi connectivity index (χ1v) is 6.77. The molecule has 0 aromatic rings. The summed E-state index contributed by atoms with van der Waals surface area (Å²) >= 11 is 0. The van der Waals surface area contributed by atoms with Crippen LogP contribution in [0.5, 0.6) is 0 Å². The minimum atomic E-state index is 0.730. The van der Waals surface area contributed by atoms with Gasteiger partial charge in [-0.15, -0.1) is 0 Å². The van der Waals surface area contributed by atoms with E-state index in [4.69, 9.17) is 4.74 Å². The van der Waals surface area contributed by atoms with Crippen LogP contribution in [0.15, 0.2) is 0 Å². The van der Waals surface area contributed by atoms with Crippen LogP contribution in [-0.4, -0.2) is 50.3 Å². The Bertz CT molecular complexity index is 204. The van der Waals surface area contributed by atoms with Crippen LogP contribution < -0.4 is 5.32 Å². The van der Waals surface area contributed by atoms with E-state index in [1.165, 1.54) is 32.2 Å². The normalized spacial score (nSPS) is 37.5. The summed E-state index contributed by atoms with van der Waals surface area (Å²) in [5.74, 6) is 0.753. The summed E-state index contributed by atoms with van der Waals surface area (Å²) in [6.07, 6.45) is 5.18. The fourth-order valence-electron chi connectivity index (χ4n) is 2.78. The zero-order chi connectivity index (χ0) is 11.4. The molecule has 0 aromatic carbocycles. The van der Waals surface area contributed by atoms with E-state index in [1.54, 1.807) is 0 Å². The zero-order valence-corrected chi connectivity index (χ0v) is 10.7. The van der Waals surface area contributed by atoms with Gasteiger partial charge in [0.1, 0.15) is 0 Å². The Kier molecular flexibility index (Phi) is 4.62. The second-order valence-corrected chi connectivity index (χ2v) is 5.54. The molecule has 0 spiro atoms. The van der Waals surface area contributed by atoms with Gasteiger partial charge in [-0.1, -0.05) is 0 Å². The highest BCUT2D eigenvalue weighted by molar-refractivity contribution is 4.82. The van der Waals surface area contributed by atoms with Crippen LogP contribution in [0.25, 0.3) is 0 Å². The topological polar surface area (TPSA) is 24.5 Å². The number of hydrogen-bond donors (Lipinski definition) is 1. The summed E-state index contributed by atoms with van der Waals surface area (Å²) in [6.45, 7) is 6.66. The molecule has 3 nitrogen and oxygen atoms in total. The molecule has 3 unspecified atom stereocenters. The molecule has 2 rings (SSSR count). The number of nitrogens with zero attached hydrogens (tertiary/aromatic N) is 1. The van der Waals surface area contributed by atoms with E-state index in [-0.39, 0.29) is 0 Å². The van der Waals surface area contributed by atoms with Crippen molar-refractivity contribution in [3.8, 4) is 0 Å². The van der Waals surface area contributed by atoms with E-state index in [0.717, 1.165) is 37.8 Å². The third-order valence-corrected chi connectivity index (χ3v) is 4.16. The van der Waals surface area contributed by atoms with Gasteiger partial charge in [0.05, 0.1) is 6.61 Å². The molecule has 0 bridgehead atoms. The average molecular weight is 226 g/mol. The van der Waals surface area contributed by atoms with Gasteiger partial charge in [0, 0.05) is 25.2 Å². The van der Waals surface area contributed by atoms with Crippen molar-refractivity contribution >= 4 is 0 Å². The molecule has 2 fully saturated rings. The first-order chi connectivity index (χ1) is 7.75. The summed E-state index contributed by atoms with van der Waals surface area (Å²) in [5.41, 5.74) is 0. The largest absolute Gasteiger partial charge is 0.381 e. The molecule has 0 aliphatic carbocycles. The second-order valence-electron chi connectivity index (χ2n) is 5.54. The molecule has 0 aromatic heterocycles. The number of piperidine rings is 1. The van der Waals surface area contributed by atoms with E-state index in [9.17, 15) is 0 Å². The molecular weight excluding hydrogens is 200 g/mol. The second kappa shape index (κ2) is 5.99.